The van der Waals surface area contributed by atoms with Crippen LogP contribution >= 0.6 is 0 Å². The van der Waals surface area contributed by atoms with Crippen LogP contribution in [0, 0.1) is 6.92 Å². The van der Waals surface area contributed by atoms with E-state index in [4.69, 9.17) is 10.5 Å². The fourth-order valence-corrected chi connectivity index (χ4v) is 2.71. The van der Waals surface area contributed by atoms with Crippen LogP contribution in [0.5, 0.6) is 0 Å². The quantitative estimate of drug-likeness (QED) is 0.805. The van der Waals surface area contributed by atoms with Crippen molar-refractivity contribution in [1.29, 1.82) is 0 Å². The Kier molecular flexibility index (Phi) is 4.89. The van der Waals surface area contributed by atoms with Gasteiger partial charge in [-0.25, -0.2) is 9.78 Å². The molecule has 1 heterocycles. The number of rotatable bonds is 5. The van der Waals surface area contributed by atoms with Crippen molar-refractivity contribution in [2.75, 3.05) is 24.3 Å². The molecular formula is C11H19N3O3S. The second-order valence-corrected chi connectivity index (χ2v) is 5.55. The molecule has 0 aliphatic rings. The molecule has 0 aliphatic carbocycles. The number of aromatic nitrogens is 2. The first-order valence-corrected chi connectivity index (χ1v) is 7.42. The summed E-state index contributed by atoms with van der Waals surface area (Å²) in [5.74, 6) is 0.822. The molecule has 0 saturated heterocycles. The summed E-state index contributed by atoms with van der Waals surface area (Å²) in [7, 11) is -0.938. The van der Waals surface area contributed by atoms with Gasteiger partial charge in [-0.1, -0.05) is 0 Å². The van der Waals surface area contributed by atoms with Crippen molar-refractivity contribution in [2.24, 2.45) is 0 Å². The number of esters is 1. The number of carbonyl (C=O) groups excluding carboxylic acids is 1. The molecule has 0 radical (unpaired) electrons. The number of nitrogens with two attached hydrogens (primary N) is 1. The number of carbonyl (C=O) groups is 1. The topological polar surface area (TPSA) is 87.2 Å². The number of hydrogen-bond acceptors (Lipinski definition) is 5. The normalized spacial score (nSPS) is 14.2. The molecule has 0 amide bonds. The van der Waals surface area contributed by atoms with Gasteiger partial charge >= 0.3 is 5.97 Å². The van der Waals surface area contributed by atoms with Crippen LogP contribution in [-0.4, -0.2) is 38.3 Å². The number of nitrogen functional groups attached to an aromatic ring is 1. The van der Waals surface area contributed by atoms with Crippen LogP contribution in [0.3, 0.4) is 0 Å². The van der Waals surface area contributed by atoms with Gasteiger partial charge in [0.1, 0.15) is 11.6 Å². The molecule has 6 nitrogen and oxygen atoms in total. The van der Waals surface area contributed by atoms with Crippen LogP contribution in [0.2, 0.25) is 0 Å². The molecule has 0 saturated carbocycles. The maximum Gasteiger partial charge on any atom is 0.360 e. The average Bonchev–Trinajstić information content (AvgIpc) is 2.53. The van der Waals surface area contributed by atoms with Crippen molar-refractivity contribution in [3.05, 3.63) is 11.5 Å². The Morgan fingerprint density at radius 2 is 2.22 bits per heavy atom. The Morgan fingerprint density at radius 1 is 1.61 bits per heavy atom. The predicted octanol–water partition coefficient (Wildman–Crippen LogP) is 0.890. The summed E-state index contributed by atoms with van der Waals surface area (Å²) in [6, 6.07) is -0.0773. The maximum atomic E-state index is 11.6. The van der Waals surface area contributed by atoms with Crippen molar-refractivity contribution in [2.45, 2.75) is 26.8 Å². The summed E-state index contributed by atoms with van der Waals surface area (Å²) in [6.07, 6.45) is 1.63. The highest BCUT2D eigenvalue weighted by Gasteiger charge is 2.22. The smallest absolute Gasteiger partial charge is 0.360 e. The van der Waals surface area contributed by atoms with Gasteiger partial charge < -0.3 is 15.0 Å². The van der Waals surface area contributed by atoms with Gasteiger partial charge in [-0.3, -0.25) is 4.21 Å². The van der Waals surface area contributed by atoms with E-state index in [0.717, 1.165) is 0 Å². The fraction of sp³-hybridized carbons (Fsp3) is 0.636. The Morgan fingerprint density at radius 3 is 2.72 bits per heavy atom. The second kappa shape index (κ2) is 5.99. The van der Waals surface area contributed by atoms with Gasteiger partial charge in [0.15, 0.2) is 5.69 Å². The second-order valence-electron chi connectivity index (χ2n) is 4.07. The molecule has 7 heteroatoms. The predicted molar refractivity (Wildman–Crippen MR) is 71.0 cm³/mol. The number of anilines is 1. The summed E-state index contributed by atoms with van der Waals surface area (Å²) >= 11 is 0. The minimum Gasteiger partial charge on any atom is -0.461 e. The summed E-state index contributed by atoms with van der Waals surface area (Å²) in [5, 5.41) is 0. The molecule has 102 valence electrons. The summed E-state index contributed by atoms with van der Waals surface area (Å²) < 4.78 is 17.8. The zero-order chi connectivity index (χ0) is 13.9. The standard InChI is InChI=1S/C11H19N3O3S/c1-5-17-11(15)9-10(12)14(8(3)13-9)7(2)6-18(4)16/h7H,5-6,12H2,1-4H3. The van der Waals surface area contributed by atoms with E-state index in [1.54, 1.807) is 24.7 Å². The summed E-state index contributed by atoms with van der Waals surface area (Å²) in [6.45, 7) is 5.65. The van der Waals surface area contributed by atoms with Crippen molar-refractivity contribution >= 4 is 22.6 Å². The lowest BCUT2D eigenvalue weighted by Crippen LogP contribution is -2.17. The lowest BCUT2D eigenvalue weighted by atomic mass is 10.3. The highest BCUT2D eigenvalue weighted by molar-refractivity contribution is 7.84. The monoisotopic (exact) mass is 273 g/mol. The van der Waals surface area contributed by atoms with E-state index >= 15 is 0 Å². The molecule has 2 N–H and O–H groups in total. The van der Waals surface area contributed by atoms with E-state index in [0.29, 0.717) is 11.6 Å². The zero-order valence-corrected chi connectivity index (χ0v) is 11.9. The van der Waals surface area contributed by atoms with Crippen LogP contribution < -0.4 is 5.73 Å². The van der Waals surface area contributed by atoms with Gasteiger partial charge in [0.05, 0.1) is 6.61 Å². The van der Waals surface area contributed by atoms with Crippen molar-refractivity contribution in [1.82, 2.24) is 9.55 Å². The average molecular weight is 273 g/mol. The molecule has 2 unspecified atom stereocenters. The SMILES string of the molecule is CCOC(=O)c1nc(C)n(C(C)CS(C)=O)c1N. The molecule has 18 heavy (non-hydrogen) atoms. The molecule has 1 rings (SSSR count). The third-order valence-corrected chi connectivity index (χ3v) is 3.46. The van der Waals surface area contributed by atoms with Crippen LogP contribution in [0.1, 0.15) is 36.2 Å². The molecule has 0 aliphatic heterocycles. The van der Waals surface area contributed by atoms with Crippen LogP contribution in [0.4, 0.5) is 5.82 Å². The molecule has 0 spiro atoms. The fourth-order valence-electron chi connectivity index (χ4n) is 1.88. The molecule has 0 aromatic carbocycles. The minimum absolute atomic E-state index is 0.0773. The van der Waals surface area contributed by atoms with E-state index in [2.05, 4.69) is 4.98 Å². The van der Waals surface area contributed by atoms with E-state index in [-0.39, 0.29) is 24.2 Å². The van der Waals surface area contributed by atoms with Crippen LogP contribution in [-0.2, 0) is 15.5 Å². The Hall–Kier alpha value is -1.37. The Balaban J connectivity index is 3.07. The van der Waals surface area contributed by atoms with Crippen molar-refractivity contribution in [3.8, 4) is 0 Å². The third-order valence-electron chi connectivity index (χ3n) is 2.51. The molecule has 2 atom stereocenters. The highest BCUT2D eigenvalue weighted by atomic mass is 32.2. The summed E-state index contributed by atoms with van der Waals surface area (Å²) in [5.41, 5.74) is 6.04. The van der Waals surface area contributed by atoms with E-state index in [9.17, 15) is 9.00 Å². The lowest BCUT2D eigenvalue weighted by molar-refractivity contribution is 0.0521. The summed E-state index contributed by atoms with van der Waals surface area (Å²) in [4.78, 5) is 15.8. The largest absolute Gasteiger partial charge is 0.461 e. The van der Waals surface area contributed by atoms with Gasteiger partial charge in [-0.2, -0.15) is 0 Å². The Labute approximate surface area is 109 Å². The number of hydrogen-bond donors (Lipinski definition) is 1. The molecule has 1 aromatic rings. The highest BCUT2D eigenvalue weighted by Crippen LogP contribution is 2.21. The van der Waals surface area contributed by atoms with Crippen molar-refractivity contribution in [3.63, 3.8) is 0 Å². The first kappa shape index (κ1) is 14.7. The first-order valence-electron chi connectivity index (χ1n) is 5.69. The molecular weight excluding hydrogens is 254 g/mol. The molecule has 0 fully saturated rings. The molecule has 1 aromatic heterocycles. The van der Waals surface area contributed by atoms with Gasteiger partial charge in [0, 0.05) is 28.9 Å². The van der Waals surface area contributed by atoms with Crippen LogP contribution in [0.15, 0.2) is 0 Å². The minimum atomic E-state index is -0.938. The number of aryl methyl sites for hydroxylation is 1. The van der Waals surface area contributed by atoms with Gasteiger partial charge in [-0.05, 0) is 20.8 Å². The van der Waals surface area contributed by atoms with Crippen LogP contribution in [0.25, 0.3) is 0 Å². The van der Waals surface area contributed by atoms with Crippen molar-refractivity contribution < 1.29 is 13.7 Å². The van der Waals surface area contributed by atoms with Gasteiger partial charge in [0.2, 0.25) is 0 Å². The third kappa shape index (κ3) is 3.10. The van der Waals surface area contributed by atoms with Gasteiger partial charge in [0.25, 0.3) is 0 Å². The lowest BCUT2D eigenvalue weighted by Gasteiger charge is -2.15. The first-order chi connectivity index (χ1) is 8.38. The Bertz CT molecular complexity index is 470. The number of nitrogens with zero attached hydrogens (tertiary/aromatic N) is 2. The number of imidazole rings is 1. The zero-order valence-electron chi connectivity index (χ0n) is 11.1. The van der Waals surface area contributed by atoms with Gasteiger partial charge in [-0.15, -0.1) is 0 Å². The van der Waals surface area contributed by atoms with E-state index in [1.165, 1.54) is 0 Å². The van der Waals surface area contributed by atoms with E-state index < -0.39 is 16.8 Å². The van der Waals surface area contributed by atoms with E-state index in [1.807, 2.05) is 6.92 Å². The number of ether oxygens (including phenoxy) is 1. The molecule has 0 bridgehead atoms. The maximum absolute atomic E-state index is 11.6.